The Hall–Kier alpha value is -3.39. The zero-order valence-electron chi connectivity index (χ0n) is 32.3. The van der Waals surface area contributed by atoms with Crippen molar-refractivity contribution in [1.29, 1.82) is 0 Å². The van der Waals surface area contributed by atoms with Crippen LogP contribution in [-0.2, 0) is 60.3 Å². The zero-order chi connectivity index (χ0) is 37.2. The minimum Gasteiger partial charge on any atom is -0.357 e. The van der Waals surface area contributed by atoms with E-state index in [0.717, 1.165) is 28.1 Å². The van der Waals surface area contributed by atoms with E-state index < -0.39 is 0 Å². The second-order valence-electron chi connectivity index (χ2n) is 6.97. The molecule has 0 bridgehead atoms. The van der Waals surface area contributed by atoms with Crippen molar-refractivity contribution in [2.24, 2.45) is 0 Å². The Morgan fingerprint density at radius 2 is 0.889 bits per heavy atom. The van der Waals surface area contributed by atoms with E-state index in [4.69, 9.17) is 0 Å². The number of hydrogen-bond donors (Lipinski definition) is 3. The topological polar surface area (TPSA) is 202 Å². The van der Waals surface area contributed by atoms with Gasteiger partial charge in [-0.25, -0.2) is 0 Å². The fourth-order valence-corrected chi connectivity index (χ4v) is 2.83. The summed E-state index contributed by atoms with van der Waals surface area (Å²) in [7, 11) is 0. The number of aryl methyl sites for hydroxylation is 3. The maximum absolute atomic E-state index is 4.09. The summed E-state index contributed by atoms with van der Waals surface area (Å²) in [6.07, 6.45) is 5.87. The van der Waals surface area contributed by atoms with Crippen LogP contribution in [-0.4, -0.2) is 76.8 Å². The summed E-state index contributed by atoms with van der Waals surface area (Å²) >= 11 is 0. The van der Waals surface area contributed by atoms with Gasteiger partial charge in [-0.15, -0.1) is 47.5 Å². The fraction of sp³-hybridized carbons (Fsp3) is 0.500. The third-order valence-electron chi connectivity index (χ3n) is 4.59. The average Bonchev–Trinajstić information content (AvgIpc) is 4.00. The van der Waals surface area contributed by atoms with Gasteiger partial charge in [0.05, 0.1) is 17.5 Å². The molecule has 6 aromatic rings. The van der Waals surface area contributed by atoms with Crippen LogP contribution in [0, 0.1) is 39.1 Å². The number of aromatic nitrogens is 15. The molecule has 6 rings (SSSR count). The van der Waals surface area contributed by atoms with Crippen LogP contribution in [0.15, 0.2) is 36.8 Å². The molecule has 5 heterocycles. The maximum Gasteiger partial charge on any atom is 0.0986 e. The number of nitrogens with zero attached hydrogens (tertiary/aromatic N) is 12. The van der Waals surface area contributed by atoms with Crippen LogP contribution >= 0.6 is 0 Å². The Morgan fingerprint density at radius 3 is 1.26 bits per heavy atom. The van der Waals surface area contributed by atoms with Gasteiger partial charge < -0.3 is 15.0 Å². The van der Waals surface area contributed by atoms with E-state index in [9.17, 15) is 0 Å². The van der Waals surface area contributed by atoms with E-state index in [1.807, 2.05) is 122 Å². The van der Waals surface area contributed by atoms with Crippen LogP contribution in [0.4, 0.5) is 0 Å². The second-order valence-corrected chi connectivity index (χ2v) is 6.97. The van der Waals surface area contributed by atoms with Gasteiger partial charge in [0.15, 0.2) is 0 Å². The zero-order valence-corrected chi connectivity index (χ0v) is 39.5. The molecular formula is C36H66Ir3N15-3. The van der Waals surface area contributed by atoms with Gasteiger partial charge in [-0.2, -0.15) is 15.3 Å². The second kappa shape index (κ2) is 51.7. The van der Waals surface area contributed by atoms with Gasteiger partial charge in [-0.3, -0.25) is 15.3 Å². The molecule has 0 aliphatic rings. The van der Waals surface area contributed by atoms with Gasteiger partial charge in [0, 0.05) is 66.6 Å². The molecule has 0 unspecified atom stereocenters. The van der Waals surface area contributed by atoms with Gasteiger partial charge in [-0.1, -0.05) is 159 Å². The smallest absolute Gasteiger partial charge is 0.0986 e. The number of tetrazole rings is 3. The van der Waals surface area contributed by atoms with Gasteiger partial charge in [-0.05, 0) is 33.2 Å². The molecule has 0 atom stereocenters. The number of H-pyrrole nitrogens is 3. The van der Waals surface area contributed by atoms with Crippen LogP contribution in [0.2, 0.25) is 0 Å². The first-order chi connectivity index (χ1) is 23.6. The summed E-state index contributed by atoms with van der Waals surface area (Å²) in [6, 6.07) is 13.6. The SMILES string of the molecule is C.C.C.CC.CC.CC.CC.CC.CC.Cc1ccc[c-]c1-c1nnn[nH]1.Cc1ncc[c-]c1-c1nnn[nH]1.Cc1ncn[c-]c1-c1nnn[nH]1.[Ir].[Ir].[Ir]. The average molecular weight is 1290 g/mol. The largest absolute Gasteiger partial charge is 0.357 e. The molecule has 0 amide bonds. The normalized spacial score (nSPS) is 7.39. The quantitative estimate of drug-likeness (QED) is 0.142. The van der Waals surface area contributed by atoms with Crippen LogP contribution in [0.25, 0.3) is 34.2 Å². The Bertz CT molecular complexity index is 1310. The van der Waals surface area contributed by atoms with E-state index in [0.29, 0.717) is 23.0 Å². The van der Waals surface area contributed by atoms with Crippen molar-refractivity contribution in [2.75, 3.05) is 0 Å². The molecule has 18 heteroatoms. The van der Waals surface area contributed by atoms with Gasteiger partial charge >= 0.3 is 0 Å². The number of rotatable bonds is 3. The molecule has 1 aromatic carbocycles. The third kappa shape index (κ3) is 28.1. The first kappa shape index (κ1) is 71.9. The maximum atomic E-state index is 4.09. The first-order valence-electron chi connectivity index (χ1n) is 16.4. The van der Waals surface area contributed by atoms with E-state index in [2.05, 4.69) is 95.2 Å². The minimum atomic E-state index is 0. The Balaban J connectivity index is -0.0000000671. The van der Waals surface area contributed by atoms with Crippen LogP contribution < -0.4 is 0 Å². The number of benzene rings is 1. The van der Waals surface area contributed by atoms with E-state index in [1.165, 1.54) is 6.33 Å². The Labute approximate surface area is 367 Å². The molecule has 15 nitrogen and oxygen atoms in total. The molecular weight excluding hydrogens is 1220 g/mol. The molecule has 0 spiro atoms. The fourth-order valence-electron chi connectivity index (χ4n) is 2.83. The van der Waals surface area contributed by atoms with Gasteiger partial charge in [0.2, 0.25) is 0 Å². The van der Waals surface area contributed by atoms with Crippen molar-refractivity contribution >= 4 is 0 Å². The molecule has 315 valence electrons. The van der Waals surface area contributed by atoms with Gasteiger partial charge in [0.25, 0.3) is 0 Å². The van der Waals surface area contributed by atoms with Crippen LogP contribution in [0.3, 0.4) is 0 Å². The Kier molecular flexibility index (Phi) is 68.9. The molecule has 0 aliphatic heterocycles. The first-order valence-corrected chi connectivity index (χ1v) is 16.4. The van der Waals surface area contributed by atoms with Crippen molar-refractivity contribution in [2.45, 2.75) is 126 Å². The molecule has 0 saturated carbocycles. The minimum absolute atomic E-state index is 0. The molecule has 0 saturated heterocycles. The van der Waals surface area contributed by atoms with Crippen molar-refractivity contribution in [1.82, 2.24) is 76.8 Å². The summed E-state index contributed by atoms with van der Waals surface area (Å²) in [5, 5.41) is 40.1. The van der Waals surface area contributed by atoms with Gasteiger partial charge in [0.1, 0.15) is 0 Å². The molecule has 54 heavy (non-hydrogen) atoms. The Morgan fingerprint density at radius 1 is 0.500 bits per heavy atom. The molecule has 0 aliphatic carbocycles. The summed E-state index contributed by atoms with van der Waals surface area (Å²) < 4.78 is 0. The molecule has 5 aromatic heterocycles. The van der Waals surface area contributed by atoms with E-state index in [-0.39, 0.29) is 82.6 Å². The summed E-state index contributed by atoms with van der Waals surface area (Å²) in [5.41, 5.74) is 5.18. The molecule has 3 radical (unpaired) electrons. The molecule has 3 N–H and O–H groups in total. The number of aromatic amines is 3. The van der Waals surface area contributed by atoms with Crippen molar-refractivity contribution in [3.63, 3.8) is 0 Å². The third-order valence-corrected chi connectivity index (χ3v) is 4.59. The summed E-state index contributed by atoms with van der Waals surface area (Å²) in [5.74, 6) is 1.79. The molecule has 0 fully saturated rings. The number of pyridine rings is 1. The standard InChI is InChI=1S/C8H7N4.C7H6N5.C6H5N6.6C2H6.3CH4.3Ir/c1-6-4-2-3-5-7(6)8-9-11-12-10-8;1-5-6(3-2-4-8-5)7-9-11-12-10-7;1-4-5(2-7-3-8-4)6-9-11-12-10-6;6*1-2;;;;;;/h2-4H,1H3,(H,9,10,11,12);2,4H,1H3,(H,9,10,11,12);3H,1H3,(H,9,10,11,12);6*1-2H3;3*1H4;;;/q3*-1;;;;;;;;;;;;. The summed E-state index contributed by atoms with van der Waals surface area (Å²) in [4.78, 5) is 11.8. The van der Waals surface area contributed by atoms with Crippen LogP contribution in [0.1, 0.15) is 122 Å². The predicted octanol–water partition coefficient (Wildman–Crippen LogP) is 9.17. The van der Waals surface area contributed by atoms with Crippen molar-refractivity contribution < 1.29 is 60.3 Å². The summed E-state index contributed by atoms with van der Waals surface area (Å²) in [6.45, 7) is 29.7. The van der Waals surface area contributed by atoms with E-state index in [1.54, 1.807) is 12.3 Å². The van der Waals surface area contributed by atoms with Crippen LogP contribution in [0.5, 0.6) is 0 Å². The number of hydrogen-bond acceptors (Lipinski definition) is 12. The number of nitrogens with one attached hydrogen (secondary N) is 3. The predicted molar refractivity (Wildman–Crippen MR) is 211 cm³/mol. The van der Waals surface area contributed by atoms with Crippen molar-refractivity contribution in [3.8, 4) is 34.2 Å². The van der Waals surface area contributed by atoms with E-state index >= 15 is 0 Å². The van der Waals surface area contributed by atoms with Crippen molar-refractivity contribution in [3.05, 3.63) is 72.1 Å². The monoisotopic (exact) mass is 1290 g/mol.